The van der Waals surface area contributed by atoms with E-state index in [0.29, 0.717) is 19.5 Å². The Bertz CT molecular complexity index is 664. The molecule has 3 rings (SSSR count). The van der Waals surface area contributed by atoms with Crippen molar-refractivity contribution in [3.8, 4) is 5.75 Å². The van der Waals surface area contributed by atoms with Crippen molar-refractivity contribution in [1.82, 2.24) is 20.4 Å². The Morgan fingerprint density at radius 2 is 2.04 bits per heavy atom. The van der Waals surface area contributed by atoms with Gasteiger partial charge in [0, 0.05) is 38.1 Å². The fraction of sp³-hybridized carbons (Fsp3) is 0.600. The van der Waals surface area contributed by atoms with Gasteiger partial charge in [0.15, 0.2) is 0 Å². The molecule has 0 bridgehead atoms. The number of likely N-dealkylation sites (tertiary alicyclic amines) is 1. The second-order valence-electron chi connectivity index (χ2n) is 7.51. The molecular formula is C20H30N4O3. The molecule has 0 saturated carbocycles. The summed E-state index contributed by atoms with van der Waals surface area (Å²) in [4.78, 5) is 29.1. The lowest BCUT2D eigenvalue weighted by molar-refractivity contribution is -0.125. The minimum absolute atomic E-state index is 0.0369. The van der Waals surface area contributed by atoms with Crippen LogP contribution in [0.15, 0.2) is 24.3 Å². The number of methoxy groups -OCH3 is 1. The van der Waals surface area contributed by atoms with Crippen LogP contribution >= 0.6 is 0 Å². The first-order valence-electron chi connectivity index (χ1n) is 9.59. The van der Waals surface area contributed by atoms with Gasteiger partial charge in [0.25, 0.3) is 0 Å². The predicted molar refractivity (Wildman–Crippen MR) is 103 cm³/mol. The smallest absolute Gasteiger partial charge is 0.239 e. The van der Waals surface area contributed by atoms with E-state index in [-0.39, 0.29) is 29.9 Å². The normalized spacial score (nSPS) is 26.2. The summed E-state index contributed by atoms with van der Waals surface area (Å²) in [5.41, 5.74) is 1.04. The van der Waals surface area contributed by atoms with Gasteiger partial charge in [0.1, 0.15) is 11.8 Å². The molecular weight excluding hydrogens is 344 g/mol. The Hall–Kier alpha value is -2.12. The molecule has 2 N–H and O–H groups in total. The Kier molecular flexibility index (Phi) is 6.34. The van der Waals surface area contributed by atoms with Gasteiger partial charge >= 0.3 is 0 Å². The number of rotatable bonds is 6. The van der Waals surface area contributed by atoms with Crippen LogP contribution in [0, 0.1) is 0 Å². The van der Waals surface area contributed by atoms with Crippen LogP contribution in [0.4, 0.5) is 0 Å². The van der Waals surface area contributed by atoms with Crippen molar-refractivity contribution in [1.29, 1.82) is 0 Å². The number of likely N-dealkylation sites (N-methyl/N-ethyl adjacent to an activating group) is 2. The largest absolute Gasteiger partial charge is 0.497 e. The predicted octanol–water partition coefficient (Wildman–Crippen LogP) is 0.595. The molecule has 3 atom stereocenters. The Morgan fingerprint density at radius 3 is 2.74 bits per heavy atom. The Balaban J connectivity index is 1.48. The number of nitrogens with zero attached hydrogens (tertiary/aromatic N) is 2. The Morgan fingerprint density at radius 1 is 1.30 bits per heavy atom. The summed E-state index contributed by atoms with van der Waals surface area (Å²) < 4.78 is 5.14. The van der Waals surface area contributed by atoms with E-state index in [1.165, 1.54) is 0 Å². The zero-order valence-corrected chi connectivity index (χ0v) is 16.4. The van der Waals surface area contributed by atoms with Crippen LogP contribution < -0.4 is 15.4 Å². The van der Waals surface area contributed by atoms with Gasteiger partial charge in [0.2, 0.25) is 11.8 Å². The highest BCUT2D eigenvalue weighted by molar-refractivity contribution is 5.83. The van der Waals surface area contributed by atoms with Gasteiger partial charge in [-0.15, -0.1) is 0 Å². The maximum absolute atomic E-state index is 12.4. The first-order chi connectivity index (χ1) is 13.0. The number of fused-ring (bicyclic) bond motifs is 1. The molecule has 0 aliphatic carbocycles. The summed E-state index contributed by atoms with van der Waals surface area (Å²) in [7, 11) is 5.72. The average molecular weight is 374 g/mol. The number of nitrogens with one attached hydrogen (secondary N) is 2. The quantitative estimate of drug-likeness (QED) is 0.763. The van der Waals surface area contributed by atoms with Gasteiger partial charge in [-0.3, -0.25) is 19.4 Å². The first-order valence-corrected chi connectivity index (χ1v) is 9.59. The van der Waals surface area contributed by atoms with Crippen LogP contribution in [-0.2, 0) is 16.1 Å². The summed E-state index contributed by atoms with van der Waals surface area (Å²) in [6.07, 6.45) is 2.18. The monoisotopic (exact) mass is 374 g/mol. The number of amides is 2. The maximum Gasteiger partial charge on any atom is 0.239 e. The van der Waals surface area contributed by atoms with Gasteiger partial charge in [-0.2, -0.15) is 0 Å². The lowest BCUT2D eigenvalue weighted by atomic mass is 10.0. The van der Waals surface area contributed by atoms with E-state index in [4.69, 9.17) is 4.74 Å². The van der Waals surface area contributed by atoms with Crippen molar-refractivity contribution in [2.24, 2.45) is 0 Å². The molecule has 2 heterocycles. The molecule has 2 aliphatic rings. The molecule has 0 unspecified atom stereocenters. The fourth-order valence-corrected chi connectivity index (χ4v) is 4.10. The topological polar surface area (TPSA) is 73.9 Å². The van der Waals surface area contributed by atoms with Crippen molar-refractivity contribution in [2.75, 3.05) is 34.3 Å². The van der Waals surface area contributed by atoms with Crippen molar-refractivity contribution >= 4 is 11.8 Å². The van der Waals surface area contributed by atoms with E-state index in [0.717, 1.165) is 30.7 Å². The fourth-order valence-electron chi connectivity index (χ4n) is 4.10. The third-order valence-electron chi connectivity index (χ3n) is 5.85. The second kappa shape index (κ2) is 8.71. The minimum Gasteiger partial charge on any atom is -0.497 e. The van der Waals surface area contributed by atoms with Gasteiger partial charge in [-0.05, 0) is 44.6 Å². The molecule has 0 aromatic heterocycles. The summed E-state index contributed by atoms with van der Waals surface area (Å²) in [5, 5.41) is 6.03. The summed E-state index contributed by atoms with van der Waals surface area (Å²) in [6, 6.07) is 8.00. The van der Waals surface area contributed by atoms with E-state index < -0.39 is 0 Å². The van der Waals surface area contributed by atoms with Crippen LogP contribution in [0.1, 0.15) is 24.8 Å². The highest BCUT2D eigenvalue weighted by Gasteiger charge is 2.43. The second-order valence-corrected chi connectivity index (χ2v) is 7.51. The molecule has 2 amide bonds. The molecule has 0 spiro atoms. The highest BCUT2D eigenvalue weighted by Crippen LogP contribution is 2.25. The van der Waals surface area contributed by atoms with Gasteiger partial charge < -0.3 is 15.4 Å². The van der Waals surface area contributed by atoms with Crippen molar-refractivity contribution in [2.45, 2.75) is 43.9 Å². The summed E-state index contributed by atoms with van der Waals surface area (Å²) in [6.45, 7) is 2.04. The number of hydrogen-bond acceptors (Lipinski definition) is 5. The van der Waals surface area contributed by atoms with Crippen LogP contribution in [0.3, 0.4) is 0 Å². The molecule has 7 heteroatoms. The number of carbonyl (C=O) groups is 2. The number of hydrogen-bond donors (Lipinski definition) is 2. The molecule has 0 radical (unpaired) electrons. The van der Waals surface area contributed by atoms with E-state index >= 15 is 0 Å². The highest BCUT2D eigenvalue weighted by atomic mass is 16.5. The third kappa shape index (κ3) is 4.59. The minimum atomic E-state index is -0.0797. The number of ether oxygens (including phenoxy) is 1. The number of benzene rings is 1. The van der Waals surface area contributed by atoms with Gasteiger partial charge in [0.05, 0.1) is 7.11 Å². The van der Waals surface area contributed by atoms with Crippen molar-refractivity contribution < 1.29 is 14.3 Å². The maximum atomic E-state index is 12.4. The lowest BCUT2D eigenvalue weighted by Gasteiger charge is -2.32. The van der Waals surface area contributed by atoms with E-state index in [1.54, 1.807) is 7.11 Å². The van der Waals surface area contributed by atoms with E-state index in [2.05, 4.69) is 27.5 Å². The van der Waals surface area contributed by atoms with E-state index in [9.17, 15) is 9.59 Å². The molecule has 2 aliphatic heterocycles. The molecule has 1 aromatic rings. The van der Waals surface area contributed by atoms with Crippen molar-refractivity contribution in [3.05, 3.63) is 29.8 Å². The van der Waals surface area contributed by atoms with Gasteiger partial charge in [-0.1, -0.05) is 12.1 Å². The standard InChI is InChI=1S/C20H30N4O3/c1-23-11-10-17-19(23)20(26)22-13-15(24(17)2)6-9-18(25)21-12-14-4-7-16(27-3)8-5-14/h4-5,7-8,15,17,19H,6,9-13H2,1-3H3,(H,21,25)(H,22,26)/t15-,17+,19-/m0/s1. The van der Waals surface area contributed by atoms with Gasteiger partial charge in [-0.25, -0.2) is 0 Å². The zero-order valence-electron chi connectivity index (χ0n) is 16.4. The third-order valence-corrected chi connectivity index (χ3v) is 5.85. The van der Waals surface area contributed by atoms with Crippen LogP contribution in [0.5, 0.6) is 5.75 Å². The van der Waals surface area contributed by atoms with E-state index in [1.807, 2.05) is 31.3 Å². The molecule has 1 aromatic carbocycles. The molecule has 7 nitrogen and oxygen atoms in total. The first kappa shape index (κ1) is 19.6. The summed E-state index contributed by atoms with van der Waals surface area (Å²) in [5.74, 6) is 0.951. The van der Waals surface area contributed by atoms with Crippen molar-refractivity contribution in [3.63, 3.8) is 0 Å². The van der Waals surface area contributed by atoms with Crippen LogP contribution in [0.2, 0.25) is 0 Å². The zero-order chi connectivity index (χ0) is 19.4. The number of carbonyl (C=O) groups excluding carboxylic acids is 2. The molecule has 148 valence electrons. The molecule has 2 saturated heterocycles. The molecule has 2 fully saturated rings. The SMILES string of the molecule is COc1ccc(CNC(=O)CC[C@H]2CNC(=O)[C@@H]3[C@@H](CCN3C)N2C)cc1. The Labute approximate surface area is 161 Å². The molecule has 27 heavy (non-hydrogen) atoms. The average Bonchev–Trinajstić information content (AvgIpc) is 3.02. The lowest BCUT2D eigenvalue weighted by Crippen LogP contribution is -2.48. The van der Waals surface area contributed by atoms with Crippen LogP contribution in [-0.4, -0.2) is 74.0 Å². The summed E-state index contributed by atoms with van der Waals surface area (Å²) >= 11 is 0. The van der Waals surface area contributed by atoms with Crippen LogP contribution in [0.25, 0.3) is 0 Å².